The molecule has 1 saturated carbocycles. The topological polar surface area (TPSA) is 58.6 Å². The molecule has 2 atom stereocenters. The van der Waals surface area contributed by atoms with Crippen LogP contribution in [0.2, 0.25) is 10.0 Å². The van der Waals surface area contributed by atoms with Crippen LogP contribution in [0.3, 0.4) is 0 Å². The molecule has 6 heteroatoms. The Labute approximate surface area is 179 Å². The average Bonchev–Trinajstić information content (AvgIpc) is 3.47. The summed E-state index contributed by atoms with van der Waals surface area (Å²) in [7, 11) is 0. The van der Waals surface area contributed by atoms with E-state index >= 15 is 0 Å². The molecule has 4 rings (SSSR count). The number of anilines is 1. The number of halogens is 2. The van der Waals surface area contributed by atoms with E-state index < -0.39 is 5.97 Å². The Kier molecular flexibility index (Phi) is 5.65. The number of ether oxygens (including phenoxy) is 1. The van der Waals surface area contributed by atoms with Crippen molar-refractivity contribution in [2.75, 3.05) is 5.32 Å². The fourth-order valence-corrected chi connectivity index (χ4v) is 3.84. The van der Waals surface area contributed by atoms with Crippen molar-refractivity contribution in [2.24, 2.45) is 5.92 Å². The number of carboxylic acids is 1. The summed E-state index contributed by atoms with van der Waals surface area (Å²) in [5.74, 6) is 0.495. The summed E-state index contributed by atoms with van der Waals surface area (Å²) in [6, 6.07) is 20.8. The summed E-state index contributed by atoms with van der Waals surface area (Å²) in [4.78, 5) is 11.0. The first kappa shape index (κ1) is 19.6. The molecule has 3 aromatic carbocycles. The van der Waals surface area contributed by atoms with Crippen molar-refractivity contribution < 1.29 is 14.6 Å². The SMILES string of the molecule is O=C(O)[C@@H]1C[C@H]1c1ccc(NCc2cccc(Oc3cc(Cl)cc(Cl)c3)c2)cc1. The Morgan fingerprint density at radius 2 is 1.72 bits per heavy atom. The van der Waals surface area contributed by atoms with Gasteiger partial charge < -0.3 is 15.2 Å². The second-order valence-corrected chi connectivity index (χ2v) is 7.99. The Morgan fingerprint density at radius 1 is 1.00 bits per heavy atom. The van der Waals surface area contributed by atoms with Gasteiger partial charge in [-0.25, -0.2) is 0 Å². The number of hydrogen-bond donors (Lipinski definition) is 2. The lowest BCUT2D eigenvalue weighted by molar-refractivity contribution is -0.138. The van der Waals surface area contributed by atoms with Gasteiger partial charge in [0.1, 0.15) is 11.5 Å². The van der Waals surface area contributed by atoms with Crippen molar-refractivity contribution in [1.29, 1.82) is 0 Å². The van der Waals surface area contributed by atoms with Crippen LogP contribution >= 0.6 is 23.2 Å². The van der Waals surface area contributed by atoms with Crippen LogP contribution in [0, 0.1) is 5.92 Å². The van der Waals surface area contributed by atoms with Crippen LogP contribution in [0.1, 0.15) is 23.5 Å². The third-order valence-corrected chi connectivity index (χ3v) is 5.35. The third-order valence-electron chi connectivity index (χ3n) is 4.91. The summed E-state index contributed by atoms with van der Waals surface area (Å²) >= 11 is 12.0. The maximum absolute atomic E-state index is 11.0. The number of hydrogen-bond acceptors (Lipinski definition) is 3. The van der Waals surface area contributed by atoms with E-state index in [1.165, 1.54) is 0 Å². The first-order chi connectivity index (χ1) is 14.0. The summed E-state index contributed by atoms with van der Waals surface area (Å²) in [5, 5.41) is 13.5. The minimum absolute atomic E-state index is 0.148. The van der Waals surface area contributed by atoms with Gasteiger partial charge in [-0.05, 0) is 65.9 Å². The predicted octanol–water partition coefficient (Wildman–Crippen LogP) is 6.59. The highest BCUT2D eigenvalue weighted by atomic mass is 35.5. The molecular weight excluding hydrogens is 409 g/mol. The van der Waals surface area contributed by atoms with E-state index in [9.17, 15) is 4.79 Å². The van der Waals surface area contributed by atoms with E-state index in [-0.39, 0.29) is 11.8 Å². The van der Waals surface area contributed by atoms with E-state index in [2.05, 4.69) is 5.32 Å². The molecule has 0 heterocycles. The van der Waals surface area contributed by atoms with Gasteiger partial charge in [-0.15, -0.1) is 0 Å². The number of benzene rings is 3. The molecule has 0 bridgehead atoms. The van der Waals surface area contributed by atoms with Gasteiger partial charge in [0.05, 0.1) is 5.92 Å². The van der Waals surface area contributed by atoms with Gasteiger partial charge in [0.2, 0.25) is 0 Å². The highest BCUT2D eigenvalue weighted by molar-refractivity contribution is 6.34. The second-order valence-electron chi connectivity index (χ2n) is 7.12. The first-order valence-electron chi connectivity index (χ1n) is 9.27. The molecule has 1 aliphatic rings. The van der Waals surface area contributed by atoms with E-state index in [4.69, 9.17) is 33.0 Å². The van der Waals surface area contributed by atoms with Crippen LogP contribution in [-0.2, 0) is 11.3 Å². The predicted molar refractivity (Wildman–Crippen MR) is 115 cm³/mol. The monoisotopic (exact) mass is 427 g/mol. The van der Waals surface area contributed by atoms with Crippen LogP contribution < -0.4 is 10.1 Å². The van der Waals surface area contributed by atoms with E-state index in [0.29, 0.717) is 28.1 Å². The number of carboxylic acid groups (broad SMARTS) is 1. The molecule has 0 aliphatic heterocycles. The molecule has 29 heavy (non-hydrogen) atoms. The number of rotatable bonds is 7. The Balaban J connectivity index is 1.36. The standard InChI is InChI=1S/C23H19Cl2NO3/c24-16-9-17(25)11-20(10-16)29-19-3-1-2-14(8-19)13-26-18-6-4-15(5-7-18)21-12-22(21)23(27)28/h1-11,21-22,26H,12-13H2,(H,27,28)/t21-,22+/m0/s1. The lowest BCUT2D eigenvalue weighted by Gasteiger charge is -2.10. The highest BCUT2D eigenvalue weighted by Crippen LogP contribution is 2.47. The van der Waals surface area contributed by atoms with E-state index in [1.54, 1.807) is 18.2 Å². The van der Waals surface area contributed by atoms with Gasteiger partial charge in [0.15, 0.2) is 0 Å². The molecule has 3 aromatic rings. The van der Waals surface area contributed by atoms with Crippen molar-refractivity contribution >= 4 is 34.9 Å². The molecule has 4 nitrogen and oxygen atoms in total. The Hall–Kier alpha value is -2.69. The van der Waals surface area contributed by atoms with Crippen LogP contribution in [0.5, 0.6) is 11.5 Å². The van der Waals surface area contributed by atoms with Gasteiger partial charge in [0, 0.05) is 22.3 Å². The van der Waals surface area contributed by atoms with Crippen LogP contribution in [0.25, 0.3) is 0 Å². The van der Waals surface area contributed by atoms with Crippen molar-refractivity contribution in [3.63, 3.8) is 0 Å². The van der Waals surface area contributed by atoms with E-state index in [1.807, 2.05) is 48.5 Å². The lowest BCUT2D eigenvalue weighted by Crippen LogP contribution is -2.00. The molecule has 0 spiro atoms. The molecule has 148 valence electrons. The zero-order valence-corrected chi connectivity index (χ0v) is 17.0. The summed E-state index contributed by atoms with van der Waals surface area (Å²) in [6.07, 6.45) is 0.729. The maximum atomic E-state index is 11.0. The van der Waals surface area contributed by atoms with Crippen LogP contribution in [0.4, 0.5) is 5.69 Å². The zero-order chi connectivity index (χ0) is 20.4. The van der Waals surface area contributed by atoms with Crippen molar-refractivity contribution in [3.05, 3.63) is 87.9 Å². The fraction of sp³-hybridized carbons (Fsp3) is 0.174. The molecule has 0 aromatic heterocycles. The quantitative estimate of drug-likeness (QED) is 0.446. The van der Waals surface area contributed by atoms with Gasteiger partial charge >= 0.3 is 5.97 Å². The molecule has 2 N–H and O–H groups in total. The van der Waals surface area contributed by atoms with Crippen molar-refractivity contribution in [2.45, 2.75) is 18.9 Å². The number of carbonyl (C=O) groups is 1. The Bertz CT molecular complexity index is 1020. The van der Waals surface area contributed by atoms with Gasteiger partial charge in [0.25, 0.3) is 0 Å². The van der Waals surface area contributed by atoms with Gasteiger partial charge in [-0.2, -0.15) is 0 Å². The molecule has 1 aliphatic carbocycles. The fourth-order valence-electron chi connectivity index (χ4n) is 3.33. The molecular formula is C23H19Cl2NO3. The molecule has 1 fully saturated rings. The largest absolute Gasteiger partial charge is 0.481 e. The van der Waals surface area contributed by atoms with Gasteiger partial charge in [-0.1, -0.05) is 47.5 Å². The minimum Gasteiger partial charge on any atom is -0.481 e. The molecule has 0 radical (unpaired) electrons. The smallest absolute Gasteiger partial charge is 0.307 e. The first-order valence-corrected chi connectivity index (χ1v) is 10.0. The molecule has 0 saturated heterocycles. The molecule has 0 amide bonds. The summed E-state index contributed by atoms with van der Waals surface area (Å²) in [5.41, 5.74) is 3.13. The van der Waals surface area contributed by atoms with Crippen molar-refractivity contribution in [3.8, 4) is 11.5 Å². The lowest BCUT2D eigenvalue weighted by atomic mass is 10.1. The van der Waals surface area contributed by atoms with Crippen LogP contribution in [-0.4, -0.2) is 11.1 Å². The molecule has 0 unspecified atom stereocenters. The zero-order valence-electron chi connectivity index (χ0n) is 15.4. The van der Waals surface area contributed by atoms with Crippen molar-refractivity contribution in [1.82, 2.24) is 0 Å². The maximum Gasteiger partial charge on any atom is 0.307 e. The van der Waals surface area contributed by atoms with E-state index in [0.717, 1.165) is 23.2 Å². The normalized spacial score (nSPS) is 17.6. The summed E-state index contributed by atoms with van der Waals surface area (Å²) < 4.78 is 5.87. The number of aliphatic carboxylic acids is 1. The summed E-state index contributed by atoms with van der Waals surface area (Å²) in [6.45, 7) is 0.633. The highest BCUT2D eigenvalue weighted by Gasteiger charge is 2.43. The van der Waals surface area contributed by atoms with Gasteiger partial charge in [-0.3, -0.25) is 4.79 Å². The minimum atomic E-state index is -0.709. The average molecular weight is 428 g/mol. The number of nitrogens with one attached hydrogen (secondary N) is 1. The Morgan fingerprint density at radius 3 is 2.38 bits per heavy atom. The second kappa shape index (κ2) is 8.36. The third kappa shape index (κ3) is 5.03. The van der Waals surface area contributed by atoms with Crippen LogP contribution in [0.15, 0.2) is 66.7 Å².